The molecule has 3 aromatic heterocycles. The molecule has 0 spiro atoms. The summed E-state index contributed by atoms with van der Waals surface area (Å²) in [5, 5.41) is 3.42. The van der Waals surface area contributed by atoms with Gasteiger partial charge in [-0.2, -0.15) is 0 Å². The van der Waals surface area contributed by atoms with Crippen LogP contribution < -0.4 is 4.57 Å². The van der Waals surface area contributed by atoms with Crippen LogP contribution in [0.25, 0.3) is 44.2 Å². The summed E-state index contributed by atoms with van der Waals surface area (Å²) in [4.78, 5) is 4.92. The molecule has 0 fully saturated rings. The van der Waals surface area contributed by atoms with Gasteiger partial charge >= 0.3 is 0 Å². The first-order valence-corrected chi connectivity index (χ1v) is 12.8. The molecule has 0 radical (unpaired) electrons. The van der Waals surface area contributed by atoms with E-state index in [1.54, 1.807) is 0 Å². The van der Waals surface area contributed by atoms with Crippen molar-refractivity contribution in [3.63, 3.8) is 0 Å². The Hall–Kier alpha value is -3.20. The van der Waals surface area contributed by atoms with E-state index in [0.717, 1.165) is 27.6 Å². The lowest BCUT2D eigenvalue weighted by Gasteiger charge is -2.42. The van der Waals surface area contributed by atoms with Crippen molar-refractivity contribution >= 4 is 33.0 Å². The number of pyridine rings is 2. The lowest BCUT2D eigenvalue weighted by molar-refractivity contribution is -0.661. The summed E-state index contributed by atoms with van der Waals surface area (Å²) in [5.41, 5.74) is 12.2. The highest BCUT2D eigenvalue weighted by molar-refractivity contribution is 6.13. The summed E-state index contributed by atoms with van der Waals surface area (Å²) >= 11 is 0. The van der Waals surface area contributed by atoms with Crippen molar-refractivity contribution in [3.8, 4) is 11.3 Å². The molecule has 35 heavy (non-hydrogen) atoms. The predicted octanol–water partition coefficient (Wildman–Crippen LogP) is 7.90. The zero-order valence-corrected chi connectivity index (χ0v) is 22.3. The maximum atomic E-state index is 6.68. The van der Waals surface area contributed by atoms with Gasteiger partial charge < -0.3 is 4.42 Å². The number of rotatable bonds is 1. The number of benzene rings is 2. The second kappa shape index (κ2) is 7.16. The lowest BCUT2D eigenvalue weighted by atomic mass is 9.61. The molecule has 1 aliphatic carbocycles. The van der Waals surface area contributed by atoms with E-state index < -0.39 is 0 Å². The normalized spacial score (nSPS) is 16.8. The third-order valence-corrected chi connectivity index (χ3v) is 8.42. The molecule has 2 aromatic carbocycles. The van der Waals surface area contributed by atoms with Crippen molar-refractivity contribution in [2.75, 3.05) is 0 Å². The summed E-state index contributed by atoms with van der Waals surface area (Å²) in [7, 11) is 2.20. The second-order valence-corrected chi connectivity index (χ2v) is 12.0. The van der Waals surface area contributed by atoms with Crippen molar-refractivity contribution in [1.82, 2.24) is 4.98 Å². The fourth-order valence-electron chi connectivity index (χ4n) is 6.75. The van der Waals surface area contributed by atoms with Gasteiger partial charge in [0.1, 0.15) is 7.05 Å². The fourth-order valence-corrected chi connectivity index (χ4v) is 6.75. The van der Waals surface area contributed by atoms with Gasteiger partial charge in [0.15, 0.2) is 11.8 Å². The van der Waals surface area contributed by atoms with Crippen molar-refractivity contribution in [1.29, 1.82) is 0 Å². The summed E-state index contributed by atoms with van der Waals surface area (Å²) in [6.07, 6.45) is 4.69. The molecule has 1 aliphatic rings. The van der Waals surface area contributed by atoms with E-state index >= 15 is 0 Å². The van der Waals surface area contributed by atoms with Crippen LogP contribution in [0, 0.1) is 20.8 Å². The fraction of sp³-hybridized carbons (Fsp3) is 0.375. The van der Waals surface area contributed by atoms with E-state index in [2.05, 4.69) is 96.6 Å². The van der Waals surface area contributed by atoms with Gasteiger partial charge in [-0.1, -0.05) is 52.0 Å². The maximum Gasteiger partial charge on any atom is 0.227 e. The first-order valence-electron chi connectivity index (χ1n) is 12.8. The first kappa shape index (κ1) is 22.3. The van der Waals surface area contributed by atoms with Crippen LogP contribution in [0.5, 0.6) is 0 Å². The highest BCUT2D eigenvalue weighted by Gasteiger charge is 2.44. The molecule has 3 nitrogen and oxygen atoms in total. The topological polar surface area (TPSA) is 29.9 Å². The van der Waals surface area contributed by atoms with Gasteiger partial charge in [-0.25, -0.2) is 9.55 Å². The van der Waals surface area contributed by atoms with E-state index in [4.69, 9.17) is 9.40 Å². The predicted molar refractivity (Wildman–Crippen MR) is 145 cm³/mol. The molecule has 0 bridgehead atoms. The molecule has 178 valence electrons. The summed E-state index contributed by atoms with van der Waals surface area (Å²) in [5.74, 6) is 0. The third-order valence-electron chi connectivity index (χ3n) is 8.42. The first-order chi connectivity index (χ1) is 16.5. The number of aryl methyl sites for hydroxylation is 4. The zero-order chi connectivity index (χ0) is 24.9. The Kier molecular flexibility index (Phi) is 4.56. The lowest BCUT2D eigenvalue weighted by Crippen LogP contribution is -2.42. The standard InChI is InChI=1S/C32H35N2O/c1-18-15-19(2)25(29-24(18)22-16-21-11-9-10-12-23(21)33-30(22)35-29)28-27-26(20(3)17-34(28)8)31(4,5)13-14-32(27,6)7/h9-12,15-17H,13-14H2,1-8H3/q+1. The molecule has 0 saturated carbocycles. The molecule has 0 atom stereocenters. The molecule has 3 heterocycles. The SMILES string of the molecule is Cc1c[n+](C)c(-c2c(C)cc(C)c3c2oc2nc4ccccc4cc23)c2c1C(C)(C)CCC2(C)C. The number of hydrogen-bond donors (Lipinski definition) is 0. The van der Waals surface area contributed by atoms with E-state index in [9.17, 15) is 0 Å². The Morgan fingerprint density at radius 1 is 0.857 bits per heavy atom. The smallest absolute Gasteiger partial charge is 0.227 e. The van der Waals surface area contributed by atoms with Gasteiger partial charge in [0.2, 0.25) is 11.4 Å². The van der Waals surface area contributed by atoms with Crippen LogP contribution in [-0.4, -0.2) is 4.98 Å². The number of nitrogens with zero attached hydrogens (tertiary/aromatic N) is 2. The minimum absolute atomic E-state index is 0.0760. The molecule has 0 N–H and O–H groups in total. The average molecular weight is 464 g/mol. The van der Waals surface area contributed by atoms with Gasteiger partial charge in [0, 0.05) is 27.3 Å². The molecule has 5 aromatic rings. The molecular weight excluding hydrogens is 428 g/mol. The van der Waals surface area contributed by atoms with Crippen molar-refractivity contribution in [2.24, 2.45) is 7.05 Å². The largest absolute Gasteiger partial charge is 0.437 e. The Labute approximate surface area is 207 Å². The van der Waals surface area contributed by atoms with Crippen molar-refractivity contribution < 1.29 is 8.98 Å². The number of para-hydroxylation sites is 1. The van der Waals surface area contributed by atoms with Crippen LogP contribution in [-0.2, 0) is 17.9 Å². The molecule has 6 rings (SSSR count). The van der Waals surface area contributed by atoms with Crippen LogP contribution in [0.1, 0.15) is 68.4 Å². The Balaban J connectivity index is 1.80. The Morgan fingerprint density at radius 3 is 2.29 bits per heavy atom. The Bertz CT molecular complexity index is 1680. The summed E-state index contributed by atoms with van der Waals surface area (Å²) in [6, 6.07) is 12.9. The minimum atomic E-state index is 0.0760. The van der Waals surface area contributed by atoms with Crippen LogP contribution >= 0.6 is 0 Å². The molecule has 0 amide bonds. The average Bonchev–Trinajstić information content (AvgIpc) is 3.14. The highest BCUT2D eigenvalue weighted by atomic mass is 16.3. The summed E-state index contributed by atoms with van der Waals surface area (Å²) < 4.78 is 9.02. The number of aromatic nitrogens is 2. The molecular formula is C32H35N2O+. The van der Waals surface area contributed by atoms with Crippen molar-refractivity contribution in [2.45, 2.75) is 72.1 Å². The van der Waals surface area contributed by atoms with Gasteiger partial charge in [0.25, 0.3) is 0 Å². The van der Waals surface area contributed by atoms with Crippen LogP contribution in [0.15, 0.2) is 47.0 Å². The van der Waals surface area contributed by atoms with Gasteiger partial charge in [0.05, 0.1) is 11.1 Å². The van der Waals surface area contributed by atoms with E-state index in [0.29, 0.717) is 0 Å². The highest BCUT2D eigenvalue weighted by Crippen LogP contribution is 2.51. The number of furan rings is 1. The van der Waals surface area contributed by atoms with Crippen molar-refractivity contribution in [3.05, 3.63) is 70.4 Å². The van der Waals surface area contributed by atoms with E-state index in [1.165, 1.54) is 57.3 Å². The zero-order valence-electron chi connectivity index (χ0n) is 22.3. The van der Waals surface area contributed by atoms with Crippen LogP contribution in [0.4, 0.5) is 0 Å². The Morgan fingerprint density at radius 2 is 1.54 bits per heavy atom. The number of hydrogen-bond acceptors (Lipinski definition) is 2. The monoisotopic (exact) mass is 463 g/mol. The van der Waals surface area contributed by atoms with Crippen LogP contribution in [0.3, 0.4) is 0 Å². The minimum Gasteiger partial charge on any atom is -0.437 e. The molecule has 0 aliphatic heterocycles. The van der Waals surface area contributed by atoms with Gasteiger partial charge in [-0.05, 0) is 73.3 Å². The molecule has 0 unspecified atom stereocenters. The summed E-state index contributed by atoms with van der Waals surface area (Å²) in [6.45, 7) is 16.3. The third kappa shape index (κ3) is 3.10. The molecule has 0 saturated heterocycles. The quantitative estimate of drug-likeness (QED) is 0.237. The second-order valence-electron chi connectivity index (χ2n) is 12.0. The van der Waals surface area contributed by atoms with Gasteiger partial charge in [-0.3, -0.25) is 0 Å². The van der Waals surface area contributed by atoms with Gasteiger partial charge in [-0.15, -0.1) is 0 Å². The molecule has 3 heteroatoms. The van der Waals surface area contributed by atoms with E-state index in [-0.39, 0.29) is 10.8 Å². The van der Waals surface area contributed by atoms with E-state index in [1.807, 2.05) is 6.07 Å². The van der Waals surface area contributed by atoms with Crippen LogP contribution in [0.2, 0.25) is 0 Å². The maximum absolute atomic E-state index is 6.68. The number of fused-ring (bicyclic) bond motifs is 5.